The van der Waals surface area contributed by atoms with Crippen molar-refractivity contribution in [3.05, 3.63) is 47.4 Å². The SMILES string of the molecule is C#C.Cc1cc(F)cc2c1nc(N)n1nc(CCC[C@H](C)N(C)C(=O)c3cnc(N4CCC4)cn3)nc21. The number of benzene rings is 1. The number of carbonyl (C=O) groups is 1. The minimum absolute atomic E-state index is 0.0132. The molecule has 0 unspecified atom stereocenters. The van der Waals surface area contributed by atoms with Crippen LogP contribution in [0.3, 0.4) is 0 Å². The minimum Gasteiger partial charge on any atom is -0.368 e. The number of anilines is 2. The van der Waals surface area contributed by atoms with Gasteiger partial charge in [0.2, 0.25) is 5.95 Å². The standard InChI is InChI=1S/C24H28FN9O.C2H2/c1-14-10-16(25)11-17-21(14)30-24(26)34-22(17)29-19(31-34)7-4-6-15(2)32(3)23(35)18-12-28-20(13-27-18)33-8-5-9-33;1-2/h10-13,15H,4-9H2,1-3H3,(H2,26,30);1-2H/t15-;/m0./s1. The molecule has 11 heteroatoms. The Labute approximate surface area is 214 Å². The molecule has 0 saturated carbocycles. The monoisotopic (exact) mass is 503 g/mol. The first-order valence-corrected chi connectivity index (χ1v) is 12.1. The Morgan fingerprint density at radius 3 is 2.62 bits per heavy atom. The number of carbonyl (C=O) groups excluding carboxylic acids is 1. The Bertz CT molecular complexity index is 1440. The number of terminal acetylenes is 1. The number of nitrogen functional groups attached to an aromatic ring is 1. The summed E-state index contributed by atoms with van der Waals surface area (Å²) in [7, 11) is 1.77. The van der Waals surface area contributed by atoms with Crippen molar-refractivity contribution in [1.82, 2.24) is 34.4 Å². The summed E-state index contributed by atoms with van der Waals surface area (Å²) in [4.78, 5) is 34.3. The van der Waals surface area contributed by atoms with E-state index in [4.69, 9.17) is 5.73 Å². The van der Waals surface area contributed by atoms with Crippen LogP contribution in [0.4, 0.5) is 16.2 Å². The first-order chi connectivity index (χ1) is 17.8. The van der Waals surface area contributed by atoms with E-state index in [1.165, 1.54) is 16.6 Å². The van der Waals surface area contributed by atoms with Gasteiger partial charge in [0.05, 0.1) is 17.9 Å². The largest absolute Gasteiger partial charge is 0.368 e. The van der Waals surface area contributed by atoms with Gasteiger partial charge in [-0.15, -0.1) is 17.9 Å². The van der Waals surface area contributed by atoms with Gasteiger partial charge in [0.15, 0.2) is 11.5 Å². The molecule has 0 radical (unpaired) electrons. The van der Waals surface area contributed by atoms with Crippen molar-refractivity contribution < 1.29 is 9.18 Å². The lowest BCUT2D eigenvalue weighted by Gasteiger charge is -2.31. The lowest BCUT2D eigenvalue weighted by atomic mass is 10.1. The Morgan fingerprint density at radius 2 is 1.97 bits per heavy atom. The van der Waals surface area contributed by atoms with Crippen LogP contribution in [0.25, 0.3) is 16.6 Å². The molecule has 4 heterocycles. The molecule has 192 valence electrons. The maximum atomic E-state index is 14.0. The molecule has 37 heavy (non-hydrogen) atoms. The fraction of sp³-hybridized carbons (Fsp3) is 0.385. The fourth-order valence-electron chi connectivity index (χ4n) is 4.28. The van der Waals surface area contributed by atoms with Gasteiger partial charge >= 0.3 is 0 Å². The van der Waals surface area contributed by atoms with Crippen LogP contribution in [0.5, 0.6) is 0 Å². The van der Waals surface area contributed by atoms with Crippen LogP contribution >= 0.6 is 0 Å². The predicted molar refractivity (Wildman–Crippen MR) is 141 cm³/mol. The zero-order chi connectivity index (χ0) is 26.7. The van der Waals surface area contributed by atoms with Gasteiger partial charge in [-0.3, -0.25) is 4.79 Å². The van der Waals surface area contributed by atoms with Gasteiger partial charge in [0.1, 0.15) is 17.3 Å². The lowest BCUT2D eigenvalue weighted by Crippen LogP contribution is -2.38. The molecule has 5 rings (SSSR count). The van der Waals surface area contributed by atoms with Gasteiger partial charge in [-0.1, -0.05) is 0 Å². The van der Waals surface area contributed by atoms with Gasteiger partial charge in [-0.2, -0.15) is 4.52 Å². The molecular weight excluding hydrogens is 473 g/mol. The summed E-state index contributed by atoms with van der Waals surface area (Å²) in [6.45, 7) is 5.75. The molecule has 1 aliphatic heterocycles. The van der Waals surface area contributed by atoms with Gasteiger partial charge < -0.3 is 15.5 Å². The third kappa shape index (κ3) is 5.14. The molecule has 10 nitrogen and oxygen atoms in total. The molecule has 0 spiro atoms. The smallest absolute Gasteiger partial charge is 0.274 e. The van der Waals surface area contributed by atoms with Crippen molar-refractivity contribution in [3.8, 4) is 12.8 Å². The van der Waals surface area contributed by atoms with E-state index in [2.05, 4.69) is 42.8 Å². The highest BCUT2D eigenvalue weighted by atomic mass is 19.1. The lowest BCUT2D eigenvalue weighted by molar-refractivity contribution is 0.0729. The summed E-state index contributed by atoms with van der Waals surface area (Å²) >= 11 is 0. The zero-order valence-corrected chi connectivity index (χ0v) is 21.2. The molecule has 1 aliphatic rings. The summed E-state index contributed by atoms with van der Waals surface area (Å²) in [5.74, 6) is 1.11. The quantitative estimate of drug-likeness (QED) is 0.382. The minimum atomic E-state index is -0.352. The maximum absolute atomic E-state index is 14.0. The fourth-order valence-corrected chi connectivity index (χ4v) is 4.28. The van der Waals surface area contributed by atoms with E-state index in [1.807, 2.05) is 6.92 Å². The van der Waals surface area contributed by atoms with Crippen molar-refractivity contribution in [2.45, 2.75) is 45.6 Å². The number of aryl methyl sites for hydroxylation is 2. The Hall–Kier alpha value is -4.33. The second-order valence-corrected chi connectivity index (χ2v) is 9.11. The molecule has 1 saturated heterocycles. The molecule has 1 aromatic carbocycles. The molecule has 3 aromatic heterocycles. The van der Waals surface area contributed by atoms with Crippen LogP contribution in [-0.4, -0.2) is 66.5 Å². The first-order valence-electron chi connectivity index (χ1n) is 12.1. The number of nitrogens with two attached hydrogens (primary N) is 1. The number of hydrogen-bond acceptors (Lipinski definition) is 8. The van der Waals surface area contributed by atoms with E-state index >= 15 is 0 Å². The summed E-state index contributed by atoms with van der Waals surface area (Å²) in [6.07, 6.45) is 14.5. The normalized spacial score (nSPS) is 13.6. The highest BCUT2D eigenvalue weighted by Gasteiger charge is 2.21. The molecule has 2 N–H and O–H groups in total. The second kappa shape index (κ2) is 10.7. The zero-order valence-electron chi connectivity index (χ0n) is 21.2. The average molecular weight is 504 g/mol. The van der Waals surface area contributed by atoms with Crippen LogP contribution in [0.2, 0.25) is 0 Å². The van der Waals surface area contributed by atoms with Crippen molar-refractivity contribution in [2.24, 2.45) is 0 Å². The van der Waals surface area contributed by atoms with Gasteiger partial charge in [-0.05, 0) is 50.8 Å². The van der Waals surface area contributed by atoms with Gasteiger partial charge in [0.25, 0.3) is 5.91 Å². The molecule has 1 fully saturated rings. The third-order valence-corrected chi connectivity index (χ3v) is 6.64. The Morgan fingerprint density at radius 1 is 1.22 bits per heavy atom. The van der Waals surface area contributed by atoms with E-state index in [1.54, 1.807) is 31.3 Å². The number of aromatic nitrogens is 6. The van der Waals surface area contributed by atoms with Gasteiger partial charge in [0, 0.05) is 38.0 Å². The second-order valence-electron chi connectivity index (χ2n) is 9.11. The van der Waals surface area contributed by atoms with E-state index in [0.717, 1.165) is 38.2 Å². The highest BCUT2D eigenvalue weighted by molar-refractivity contribution is 5.94. The van der Waals surface area contributed by atoms with Crippen molar-refractivity contribution in [2.75, 3.05) is 30.8 Å². The van der Waals surface area contributed by atoms with Crippen LogP contribution in [0.15, 0.2) is 24.5 Å². The predicted octanol–water partition coefficient (Wildman–Crippen LogP) is 3.04. The van der Waals surface area contributed by atoms with E-state index in [9.17, 15) is 9.18 Å². The summed E-state index contributed by atoms with van der Waals surface area (Å²) < 4.78 is 15.5. The van der Waals surface area contributed by atoms with Crippen LogP contribution in [0, 0.1) is 25.6 Å². The number of amides is 1. The summed E-state index contributed by atoms with van der Waals surface area (Å²) in [5, 5.41) is 5.05. The summed E-state index contributed by atoms with van der Waals surface area (Å²) in [6, 6.07) is 2.82. The maximum Gasteiger partial charge on any atom is 0.274 e. The molecule has 1 atom stereocenters. The van der Waals surface area contributed by atoms with Crippen molar-refractivity contribution >= 4 is 34.2 Å². The molecule has 4 aromatic rings. The number of halogens is 1. The highest BCUT2D eigenvalue weighted by Crippen LogP contribution is 2.24. The molecule has 1 amide bonds. The number of hydrogen-bond donors (Lipinski definition) is 1. The Balaban J connectivity index is 0.00000156. The number of fused-ring (bicyclic) bond motifs is 3. The molecular formula is C26H30FN9O. The third-order valence-electron chi connectivity index (χ3n) is 6.64. The Kier molecular flexibility index (Phi) is 7.47. The first kappa shape index (κ1) is 25.8. The van der Waals surface area contributed by atoms with E-state index < -0.39 is 0 Å². The van der Waals surface area contributed by atoms with Crippen molar-refractivity contribution in [3.63, 3.8) is 0 Å². The van der Waals surface area contributed by atoms with E-state index in [-0.39, 0.29) is 23.7 Å². The number of rotatable bonds is 7. The van der Waals surface area contributed by atoms with Crippen molar-refractivity contribution in [1.29, 1.82) is 0 Å². The van der Waals surface area contributed by atoms with Crippen LogP contribution in [0.1, 0.15) is 48.1 Å². The molecule has 0 aliphatic carbocycles. The summed E-state index contributed by atoms with van der Waals surface area (Å²) in [5.41, 5.74) is 8.22. The topological polar surface area (TPSA) is 118 Å². The van der Waals surface area contributed by atoms with E-state index in [0.29, 0.717) is 40.1 Å². The average Bonchev–Trinajstić information content (AvgIpc) is 3.30. The van der Waals surface area contributed by atoms with Crippen LogP contribution in [-0.2, 0) is 6.42 Å². The van der Waals surface area contributed by atoms with Crippen LogP contribution < -0.4 is 10.6 Å². The number of nitrogens with zero attached hydrogens (tertiary/aromatic N) is 8. The van der Waals surface area contributed by atoms with Gasteiger partial charge in [-0.25, -0.2) is 24.3 Å². The molecule has 0 bridgehead atoms.